The van der Waals surface area contributed by atoms with E-state index in [4.69, 9.17) is 0 Å². The van der Waals surface area contributed by atoms with Crippen LogP contribution in [-0.2, 0) is 16.2 Å². The lowest BCUT2D eigenvalue weighted by Gasteiger charge is -2.33. The number of nitrogens with zero attached hydrogens (tertiary/aromatic N) is 2. The smallest absolute Gasteiger partial charge is 0.123 e. The van der Waals surface area contributed by atoms with E-state index in [0.29, 0.717) is 0 Å². The average molecular weight is 949 g/mol. The molecule has 0 atom stereocenters. The first-order valence-electron chi connectivity index (χ1n) is 25.4. The van der Waals surface area contributed by atoms with Crippen molar-refractivity contribution in [3.8, 4) is 22.3 Å². The molecule has 13 rings (SSSR count). The van der Waals surface area contributed by atoms with E-state index in [9.17, 15) is 8.78 Å². The zero-order chi connectivity index (χ0) is 50.0. The number of fused-ring (bicyclic) bond motifs is 16. The molecular formula is C69H54F2N2. The highest BCUT2D eigenvalue weighted by molar-refractivity contribution is 6.26. The summed E-state index contributed by atoms with van der Waals surface area (Å²) in [6, 6.07) is 76.7. The van der Waals surface area contributed by atoms with E-state index in [1.54, 1.807) is 24.3 Å². The van der Waals surface area contributed by atoms with E-state index in [-0.39, 0.29) is 22.5 Å². The van der Waals surface area contributed by atoms with Gasteiger partial charge in [0.15, 0.2) is 0 Å². The lowest BCUT2D eigenvalue weighted by Crippen LogP contribution is -2.26. The molecule has 2 aliphatic rings. The summed E-state index contributed by atoms with van der Waals surface area (Å²) in [5.41, 5.74) is 16.8. The molecule has 0 fully saturated rings. The molecule has 2 nitrogen and oxygen atoms in total. The number of hydrogen-bond donors (Lipinski definition) is 0. The second-order valence-electron chi connectivity index (χ2n) is 22.0. The summed E-state index contributed by atoms with van der Waals surface area (Å²) < 4.78 is 29.6. The van der Waals surface area contributed by atoms with E-state index in [1.807, 2.05) is 24.3 Å². The highest BCUT2D eigenvalue weighted by Crippen LogP contribution is 2.65. The topological polar surface area (TPSA) is 6.48 Å². The van der Waals surface area contributed by atoms with Crippen molar-refractivity contribution in [1.29, 1.82) is 0 Å². The highest BCUT2D eigenvalue weighted by atomic mass is 19.1. The van der Waals surface area contributed by atoms with Crippen LogP contribution in [0.15, 0.2) is 218 Å². The van der Waals surface area contributed by atoms with Gasteiger partial charge < -0.3 is 9.80 Å². The second-order valence-corrected chi connectivity index (χ2v) is 22.0. The van der Waals surface area contributed by atoms with Gasteiger partial charge in [-0.2, -0.15) is 0 Å². The molecule has 11 aromatic rings. The Morgan fingerprint density at radius 3 is 1.04 bits per heavy atom. The number of halogens is 2. The maximum Gasteiger partial charge on any atom is 0.123 e. The summed E-state index contributed by atoms with van der Waals surface area (Å²) in [6.07, 6.45) is 0. The van der Waals surface area contributed by atoms with Crippen molar-refractivity contribution < 1.29 is 8.78 Å². The normalized spacial score (nSPS) is 13.3. The third-order valence-corrected chi connectivity index (χ3v) is 15.7. The molecule has 11 aromatic carbocycles. The monoisotopic (exact) mass is 948 g/mol. The molecule has 4 heteroatoms. The Morgan fingerprint density at radius 1 is 0.288 bits per heavy atom. The second kappa shape index (κ2) is 16.3. The zero-order valence-corrected chi connectivity index (χ0v) is 41.9. The largest absolute Gasteiger partial charge is 0.310 e. The van der Waals surface area contributed by atoms with Gasteiger partial charge >= 0.3 is 0 Å². The van der Waals surface area contributed by atoms with Crippen molar-refractivity contribution in [2.45, 2.75) is 57.8 Å². The molecule has 354 valence electrons. The van der Waals surface area contributed by atoms with Gasteiger partial charge in [0.05, 0.1) is 5.41 Å². The van der Waals surface area contributed by atoms with Crippen LogP contribution in [0.3, 0.4) is 0 Å². The van der Waals surface area contributed by atoms with Crippen LogP contribution in [0, 0.1) is 11.6 Å². The first-order valence-corrected chi connectivity index (χ1v) is 25.4. The van der Waals surface area contributed by atoms with E-state index in [0.717, 1.165) is 45.3 Å². The summed E-state index contributed by atoms with van der Waals surface area (Å²) in [4.78, 5) is 4.52. The van der Waals surface area contributed by atoms with Gasteiger partial charge in [-0.15, -0.1) is 0 Å². The minimum Gasteiger partial charge on any atom is -0.310 e. The third kappa shape index (κ3) is 6.95. The average Bonchev–Trinajstić information content (AvgIpc) is 3.85. The Balaban J connectivity index is 1.12. The van der Waals surface area contributed by atoms with Crippen molar-refractivity contribution in [1.82, 2.24) is 0 Å². The van der Waals surface area contributed by atoms with Gasteiger partial charge in [-0.3, -0.25) is 0 Å². The quantitative estimate of drug-likeness (QED) is 0.153. The highest BCUT2D eigenvalue weighted by Gasteiger charge is 2.52. The Kier molecular flexibility index (Phi) is 9.98. The maximum absolute atomic E-state index is 14.8. The molecule has 0 amide bonds. The van der Waals surface area contributed by atoms with Crippen LogP contribution in [0.5, 0.6) is 0 Å². The first-order chi connectivity index (χ1) is 35.3. The van der Waals surface area contributed by atoms with Gasteiger partial charge in [0.2, 0.25) is 0 Å². The SMILES string of the molecule is CC(C)(C)c1ccc(N(c2ccc(F)cc2)c2ccc3c(c2)C2(c4ccccc4-c4cc5c6ccccc6c6ccccc6c5cc42)c2cc(N(c4ccc(F)cc4)c4ccc(C(C)(C)C)cc4)ccc2-3)cc1. The summed E-state index contributed by atoms with van der Waals surface area (Å²) in [7, 11) is 0. The van der Waals surface area contributed by atoms with E-state index < -0.39 is 5.41 Å². The number of rotatable bonds is 6. The summed E-state index contributed by atoms with van der Waals surface area (Å²) in [5.74, 6) is -0.560. The molecule has 2 aliphatic carbocycles. The van der Waals surface area contributed by atoms with Crippen molar-refractivity contribution in [2.24, 2.45) is 0 Å². The van der Waals surface area contributed by atoms with Crippen LogP contribution >= 0.6 is 0 Å². The van der Waals surface area contributed by atoms with Crippen molar-refractivity contribution in [2.75, 3.05) is 9.80 Å². The van der Waals surface area contributed by atoms with Gasteiger partial charge in [0.25, 0.3) is 0 Å². The van der Waals surface area contributed by atoms with Crippen LogP contribution in [0.2, 0.25) is 0 Å². The fourth-order valence-electron chi connectivity index (χ4n) is 12.1. The van der Waals surface area contributed by atoms with Crippen LogP contribution in [0.25, 0.3) is 54.6 Å². The predicted molar refractivity (Wildman–Crippen MR) is 302 cm³/mol. The molecule has 0 bridgehead atoms. The third-order valence-electron chi connectivity index (χ3n) is 15.7. The van der Waals surface area contributed by atoms with Crippen LogP contribution < -0.4 is 9.80 Å². The van der Waals surface area contributed by atoms with Crippen LogP contribution in [-0.4, -0.2) is 0 Å². The van der Waals surface area contributed by atoms with Gasteiger partial charge in [0, 0.05) is 34.1 Å². The molecule has 73 heavy (non-hydrogen) atoms. The predicted octanol–water partition coefficient (Wildman–Crippen LogP) is 19.3. The fourth-order valence-corrected chi connectivity index (χ4v) is 12.1. The first kappa shape index (κ1) is 44.6. The van der Waals surface area contributed by atoms with Crippen molar-refractivity contribution in [3.63, 3.8) is 0 Å². The summed E-state index contributed by atoms with van der Waals surface area (Å²) in [6.45, 7) is 13.4. The number of hydrogen-bond acceptors (Lipinski definition) is 2. The summed E-state index contributed by atoms with van der Waals surface area (Å²) in [5, 5.41) is 7.35. The van der Waals surface area contributed by atoms with Gasteiger partial charge in [-0.25, -0.2) is 8.78 Å². The minimum atomic E-state index is -0.779. The van der Waals surface area contributed by atoms with Gasteiger partial charge in [-0.1, -0.05) is 151 Å². The van der Waals surface area contributed by atoms with Crippen LogP contribution in [0.4, 0.5) is 42.9 Å². The molecule has 0 N–H and O–H groups in total. The fraction of sp³-hybridized carbons (Fsp3) is 0.130. The Bertz CT molecular complexity index is 3830. The minimum absolute atomic E-state index is 0.0307. The maximum atomic E-state index is 14.8. The molecule has 0 radical (unpaired) electrons. The molecule has 0 unspecified atom stereocenters. The summed E-state index contributed by atoms with van der Waals surface area (Å²) >= 11 is 0. The molecule has 0 aromatic heterocycles. The zero-order valence-electron chi connectivity index (χ0n) is 41.9. The molecular weight excluding hydrogens is 895 g/mol. The molecule has 0 saturated carbocycles. The molecule has 0 aliphatic heterocycles. The van der Waals surface area contributed by atoms with E-state index in [2.05, 4.69) is 221 Å². The number of benzene rings is 11. The van der Waals surface area contributed by atoms with Gasteiger partial charge in [0.1, 0.15) is 11.6 Å². The Morgan fingerprint density at radius 2 is 0.616 bits per heavy atom. The molecule has 0 heterocycles. The molecule has 0 saturated heterocycles. The van der Waals surface area contributed by atoms with Gasteiger partial charge in [-0.05, 0) is 208 Å². The Labute approximate surface area is 426 Å². The molecule has 1 spiro atoms. The lowest BCUT2D eigenvalue weighted by atomic mass is 9.70. The van der Waals surface area contributed by atoms with E-state index >= 15 is 0 Å². The lowest BCUT2D eigenvalue weighted by molar-refractivity contribution is 0.590. The van der Waals surface area contributed by atoms with Crippen LogP contribution in [0.1, 0.15) is 74.9 Å². The van der Waals surface area contributed by atoms with Crippen molar-refractivity contribution >= 4 is 66.4 Å². The number of anilines is 6. The standard InChI is InChI=1S/C69H54F2N2/c1-67(2,3)43-19-27-47(28-20-43)72(49-31-23-45(70)24-32-49)51-35-37-58-59-38-36-52(73(50-33-25-46(71)26-34-50)48-29-21-44(22-30-48)68(4,5)6)40-65(59)69(64(58)39-51)63-18-12-11-17-57(63)62-41-60-55-15-9-7-13-53(55)54-14-8-10-16-56(54)61(60)42-66(62)69/h7-42H,1-6H3. The van der Waals surface area contributed by atoms with E-state index in [1.165, 1.54) is 76.8 Å². The van der Waals surface area contributed by atoms with Crippen molar-refractivity contribution in [3.05, 3.63) is 263 Å². The Hall–Kier alpha value is -8.34.